The maximum atomic E-state index is 11.9. The number of thioether (sulfide) groups is 1. The highest BCUT2D eigenvalue weighted by molar-refractivity contribution is 8.00. The van der Waals surface area contributed by atoms with Crippen molar-refractivity contribution in [3.05, 3.63) is 6.33 Å². The molecule has 0 bridgehead atoms. The molecule has 0 aliphatic carbocycles. The van der Waals surface area contributed by atoms with Crippen molar-refractivity contribution in [1.82, 2.24) is 25.2 Å². The Morgan fingerprint density at radius 2 is 2.14 bits per heavy atom. The minimum Gasteiger partial charge on any atom is -0.352 e. The fraction of sp³-hybridized carbons (Fsp3) is 0.538. The highest BCUT2D eigenvalue weighted by Crippen LogP contribution is 2.32. The van der Waals surface area contributed by atoms with E-state index in [1.807, 2.05) is 18.1 Å². The molecule has 9 heteroatoms. The van der Waals surface area contributed by atoms with Crippen molar-refractivity contribution in [1.29, 1.82) is 0 Å². The van der Waals surface area contributed by atoms with Gasteiger partial charge in [-0.05, 0) is 13.2 Å². The van der Waals surface area contributed by atoms with Crippen LogP contribution in [0.5, 0.6) is 0 Å². The van der Waals surface area contributed by atoms with Gasteiger partial charge in [-0.15, -0.1) is 11.3 Å². The van der Waals surface area contributed by atoms with Crippen molar-refractivity contribution in [3.63, 3.8) is 0 Å². The van der Waals surface area contributed by atoms with Gasteiger partial charge in [-0.1, -0.05) is 11.8 Å². The lowest BCUT2D eigenvalue weighted by Crippen LogP contribution is -2.52. The first-order valence-corrected chi connectivity index (χ1v) is 9.20. The van der Waals surface area contributed by atoms with E-state index in [2.05, 4.69) is 25.2 Å². The molecule has 0 aromatic carbocycles. The van der Waals surface area contributed by atoms with Gasteiger partial charge in [0.15, 0.2) is 15.8 Å². The van der Waals surface area contributed by atoms with E-state index in [9.17, 15) is 4.79 Å². The molecule has 3 rings (SSSR count). The van der Waals surface area contributed by atoms with E-state index in [4.69, 9.17) is 0 Å². The number of thiazole rings is 1. The van der Waals surface area contributed by atoms with E-state index in [1.165, 1.54) is 0 Å². The Balaban J connectivity index is 1.76. The number of urea groups is 1. The number of rotatable bonds is 3. The quantitative estimate of drug-likeness (QED) is 0.858. The third-order valence-electron chi connectivity index (χ3n) is 3.52. The van der Waals surface area contributed by atoms with E-state index in [0.717, 1.165) is 33.6 Å². The highest BCUT2D eigenvalue weighted by atomic mass is 32.2. The van der Waals surface area contributed by atoms with Gasteiger partial charge in [0.05, 0.1) is 0 Å². The second kappa shape index (κ2) is 6.66. The third-order valence-corrected chi connectivity index (χ3v) is 5.55. The standard InChI is InChI=1S/C13H18N6OS2/c1-3-14-12(20)19-6-4-18(5-7-19)11-9-10(15-8-16-11)17-13(21-2)22-9/h8H,3-7H2,1-2H3,(H,14,20). The Hall–Kier alpha value is -1.61. The molecule has 0 spiro atoms. The van der Waals surface area contributed by atoms with Crippen molar-refractivity contribution in [2.75, 3.05) is 43.9 Å². The van der Waals surface area contributed by atoms with Gasteiger partial charge in [0.25, 0.3) is 0 Å². The fourth-order valence-corrected chi connectivity index (χ4v) is 3.95. The van der Waals surface area contributed by atoms with Crippen molar-refractivity contribution in [2.45, 2.75) is 11.3 Å². The first-order chi connectivity index (χ1) is 10.7. The predicted octanol–water partition coefficient (Wildman–Crippen LogP) is 1.66. The second-order valence-electron chi connectivity index (χ2n) is 4.84. The summed E-state index contributed by atoms with van der Waals surface area (Å²) >= 11 is 3.24. The number of nitrogens with zero attached hydrogens (tertiary/aromatic N) is 5. The van der Waals surface area contributed by atoms with E-state index in [1.54, 1.807) is 29.4 Å². The van der Waals surface area contributed by atoms with Crippen LogP contribution in [0.2, 0.25) is 0 Å². The van der Waals surface area contributed by atoms with E-state index in [0.29, 0.717) is 19.6 Å². The van der Waals surface area contributed by atoms with Gasteiger partial charge in [0.1, 0.15) is 11.0 Å². The van der Waals surface area contributed by atoms with Crippen molar-refractivity contribution >= 4 is 45.3 Å². The number of hydrogen-bond acceptors (Lipinski definition) is 7. The van der Waals surface area contributed by atoms with Crippen LogP contribution in [-0.2, 0) is 0 Å². The summed E-state index contributed by atoms with van der Waals surface area (Å²) in [6.45, 7) is 5.53. The Labute approximate surface area is 137 Å². The summed E-state index contributed by atoms with van der Waals surface area (Å²) in [6.07, 6.45) is 3.58. The number of aromatic nitrogens is 3. The van der Waals surface area contributed by atoms with Crippen LogP contribution in [0.3, 0.4) is 0 Å². The normalized spacial score (nSPS) is 15.4. The zero-order chi connectivity index (χ0) is 15.5. The van der Waals surface area contributed by atoms with Gasteiger partial charge in [-0.25, -0.2) is 19.7 Å². The smallest absolute Gasteiger partial charge is 0.317 e. The molecule has 1 fully saturated rings. The number of anilines is 1. The SMILES string of the molecule is CCNC(=O)N1CCN(c2ncnc3nc(SC)sc23)CC1. The van der Waals surface area contributed by atoms with Crippen LogP contribution < -0.4 is 10.2 Å². The zero-order valence-corrected chi connectivity index (χ0v) is 14.2. The summed E-state index contributed by atoms with van der Waals surface area (Å²) in [4.78, 5) is 29.1. The first-order valence-electron chi connectivity index (χ1n) is 7.16. The predicted molar refractivity (Wildman–Crippen MR) is 89.8 cm³/mol. The summed E-state index contributed by atoms with van der Waals surface area (Å²) in [5.74, 6) is 0.929. The number of piperazine rings is 1. The summed E-state index contributed by atoms with van der Waals surface area (Å²) < 4.78 is 2.02. The van der Waals surface area contributed by atoms with Gasteiger partial charge >= 0.3 is 6.03 Å². The lowest BCUT2D eigenvalue weighted by Gasteiger charge is -2.35. The maximum Gasteiger partial charge on any atom is 0.317 e. The molecule has 118 valence electrons. The van der Waals surface area contributed by atoms with Gasteiger partial charge in [-0.2, -0.15) is 0 Å². The van der Waals surface area contributed by atoms with E-state index in [-0.39, 0.29) is 6.03 Å². The molecule has 3 heterocycles. The number of carbonyl (C=O) groups excluding carboxylic acids is 1. The minimum atomic E-state index is 0.0115. The van der Waals surface area contributed by atoms with Gasteiger partial charge < -0.3 is 15.1 Å². The monoisotopic (exact) mass is 338 g/mol. The lowest BCUT2D eigenvalue weighted by atomic mass is 10.3. The average Bonchev–Trinajstić information content (AvgIpc) is 2.98. The second-order valence-corrected chi connectivity index (χ2v) is 6.90. The lowest BCUT2D eigenvalue weighted by molar-refractivity contribution is 0.195. The minimum absolute atomic E-state index is 0.0115. The van der Waals surface area contributed by atoms with E-state index >= 15 is 0 Å². The molecule has 22 heavy (non-hydrogen) atoms. The molecule has 1 N–H and O–H groups in total. The molecule has 0 radical (unpaired) electrons. The molecule has 1 saturated heterocycles. The Kier molecular flexibility index (Phi) is 4.63. The van der Waals surface area contributed by atoms with Crippen molar-refractivity contribution in [2.24, 2.45) is 0 Å². The van der Waals surface area contributed by atoms with Crippen LogP contribution in [-0.4, -0.2) is 64.9 Å². The van der Waals surface area contributed by atoms with Crippen LogP contribution in [0.25, 0.3) is 10.3 Å². The van der Waals surface area contributed by atoms with Crippen LogP contribution in [0.4, 0.5) is 10.6 Å². The summed E-state index contributed by atoms with van der Waals surface area (Å²) in [7, 11) is 0. The van der Waals surface area contributed by atoms with Crippen molar-refractivity contribution < 1.29 is 4.79 Å². The highest BCUT2D eigenvalue weighted by Gasteiger charge is 2.23. The molecule has 1 aliphatic heterocycles. The summed E-state index contributed by atoms with van der Waals surface area (Å²) in [5.41, 5.74) is 0.755. The largest absolute Gasteiger partial charge is 0.352 e. The number of fused-ring (bicyclic) bond motifs is 1. The van der Waals surface area contributed by atoms with Crippen LogP contribution in [0.15, 0.2) is 10.7 Å². The Morgan fingerprint density at radius 1 is 1.36 bits per heavy atom. The van der Waals surface area contributed by atoms with Crippen molar-refractivity contribution in [3.8, 4) is 0 Å². The molecular weight excluding hydrogens is 320 g/mol. The molecular formula is C13H18N6OS2. The number of nitrogens with one attached hydrogen (secondary N) is 1. The molecule has 2 aromatic rings. The topological polar surface area (TPSA) is 74.2 Å². The van der Waals surface area contributed by atoms with Gasteiger partial charge in [-0.3, -0.25) is 0 Å². The molecule has 0 atom stereocenters. The average molecular weight is 338 g/mol. The van der Waals surface area contributed by atoms with Gasteiger partial charge in [0.2, 0.25) is 0 Å². The number of amides is 2. The van der Waals surface area contributed by atoms with Gasteiger partial charge in [0, 0.05) is 32.7 Å². The summed E-state index contributed by atoms with van der Waals surface area (Å²) in [6, 6.07) is 0.0115. The number of hydrogen-bond donors (Lipinski definition) is 1. The third kappa shape index (κ3) is 2.95. The maximum absolute atomic E-state index is 11.9. The fourth-order valence-electron chi connectivity index (χ4n) is 2.42. The molecule has 0 unspecified atom stereocenters. The van der Waals surface area contributed by atoms with Crippen LogP contribution in [0, 0.1) is 0 Å². The number of carbonyl (C=O) groups is 1. The first kappa shape index (κ1) is 15.3. The zero-order valence-electron chi connectivity index (χ0n) is 12.6. The molecule has 7 nitrogen and oxygen atoms in total. The molecule has 0 saturated carbocycles. The Morgan fingerprint density at radius 3 is 2.82 bits per heavy atom. The Bertz CT molecular complexity index is 668. The molecule has 2 aromatic heterocycles. The van der Waals surface area contributed by atoms with Crippen LogP contribution in [0.1, 0.15) is 6.92 Å². The van der Waals surface area contributed by atoms with E-state index < -0.39 is 0 Å². The van der Waals surface area contributed by atoms with Crippen LogP contribution >= 0.6 is 23.1 Å². The molecule has 1 aliphatic rings. The summed E-state index contributed by atoms with van der Waals surface area (Å²) in [5, 5.41) is 2.84. The molecule has 2 amide bonds.